The van der Waals surface area contributed by atoms with Crippen molar-refractivity contribution in [1.82, 2.24) is 10.2 Å². The van der Waals surface area contributed by atoms with Crippen LogP contribution in [0.2, 0.25) is 0 Å². The lowest BCUT2D eigenvalue weighted by Gasteiger charge is -2.31. The molecule has 1 saturated heterocycles. The Bertz CT molecular complexity index is 1140. The quantitative estimate of drug-likeness (QED) is 0.363. The van der Waals surface area contributed by atoms with Crippen LogP contribution in [0.1, 0.15) is 63.5 Å². The third-order valence-electron chi connectivity index (χ3n) is 7.75. The molecule has 1 aliphatic rings. The molecule has 8 nitrogen and oxygen atoms in total. The highest BCUT2D eigenvalue weighted by molar-refractivity contribution is 5.88. The van der Waals surface area contributed by atoms with Crippen LogP contribution in [0.3, 0.4) is 0 Å². The fourth-order valence-electron chi connectivity index (χ4n) is 5.46. The maximum atomic E-state index is 13.1. The van der Waals surface area contributed by atoms with Crippen LogP contribution in [-0.4, -0.2) is 50.6 Å². The first-order valence-corrected chi connectivity index (χ1v) is 13.6. The number of benzene rings is 2. The van der Waals surface area contributed by atoms with Crippen LogP contribution in [0, 0.1) is 17.2 Å². The second-order valence-electron chi connectivity index (χ2n) is 10.3. The summed E-state index contributed by atoms with van der Waals surface area (Å²) in [6.07, 6.45) is 3.94. The molecule has 210 valence electrons. The first kappa shape index (κ1) is 29.8. The van der Waals surface area contributed by atoms with E-state index in [0.717, 1.165) is 24.0 Å². The molecular formula is C31H41N3O5. The van der Waals surface area contributed by atoms with Gasteiger partial charge >= 0.3 is 0 Å². The van der Waals surface area contributed by atoms with E-state index in [1.807, 2.05) is 30.3 Å². The van der Waals surface area contributed by atoms with Crippen molar-refractivity contribution in [3.63, 3.8) is 0 Å². The zero-order valence-electron chi connectivity index (χ0n) is 23.8. The molecule has 0 bridgehead atoms. The zero-order chi connectivity index (χ0) is 28.4. The maximum Gasteiger partial charge on any atom is 0.243 e. The van der Waals surface area contributed by atoms with Gasteiger partial charge < -0.3 is 24.4 Å². The van der Waals surface area contributed by atoms with Gasteiger partial charge in [0.1, 0.15) is 6.04 Å². The van der Waals surface area contributed by atoms with Crippen molar-refractivity contribution in [1.29, 1.82) is 5.26 Å². The fourth-order valence-corrected chi connectivity index (χ4v) is 5.46. The summed E-state index contributed by atoms with van der Waals surface area (Å²) >= 11 is 0. The molecule has 2 aromatic rings. The summed E-state index contributed by atoms with van der Waals surface area (Å²) in [5, 5.41) is 13.1. The zero-order valence-corrected chi connectivity index (χ0v) is 23.8. The summed E-state index contributed by atoms with van der Waals surface area (Å²) in [5.41, 5.74) is 1.25. The summed E-state index contributed by atoms with van der Waals surface area (Å²) in [5.74, 6) is 1.51. The number of likely N-dealkylation sites (tertiary alicyclic amines) is 1. The number of methoxy groups -OCH3 is 3. The molecule has 0 saturated carbocycles. The van der Waals surface area contributed by atoms with Crippen LogP contribution in [0.5, 0.6) is 17.2 Å². The molecule has 1 unspecified atom stereocenters. The van der Waals surface area contributed by atoms with Crippen molar-refractivity contribution in [3.8, 4) is 23.3 Å². The van der Waals surface area contributed by atoms with Gasteiger partial charge in [0.05, 0.1) is 32.8 Å². The number of nitrogens with one attached hydrogen (secondary N) is 1. The van der Waals surface area contributed by atoms with Crippen LogP contribution in [0.4, 0.5) is 0 Å². The van der Waals surface area contributed by atoms with E-state index in [9.17, 15) is 14.9 Å². The van der Waals surface area contributed by atoms with E-state index in [4.69, 9.17) is 14.2 Å². The Morgan fingerprint density at radius 2 is 1.74 bits per heavy atom. The molecule has 1 heterocycles. The van der Waals surface area contributed by atoms with Crippen molar-refractivity contribution in [2.24, 2.45) is 5.92 Å². The molecule has 1 N–H and O–H groups in total. The highest BCUT2D eigenvalue weighted by atomic mass is 16.5. The summed E-state index contributed by atoms with van der Waals surface area (Å²) in [6, 6.07) is 15.6. The Hall–Kier alpha value is -3.73. The van der Waals surface area contributed by atoms with Crippen molar-refractivity contribution in [2.75, 3.05) is 27.9 Å². The van der Waals surface area contributed by atoms with Gasteiger partial charge in [-0.1, -0.05) is 50.6 Å². The third-order valence-corrected chi connectivity index (χ3v) is 7.75. The molecule has 39 heavy (non-hydrogen) atoms. The van der Waals surface area contributed by atoms with Crippen molar-refractivity contribution >= 4 is 11.8 Å². The van der Waals surface area contributed by atoms with E-state index in [0.29, 0.717) is 49.5 Å². The van der Waals surface area contributed by atoms with E-state index in [-0.39, 0.29) is 24.3 Å². The van der Waals surface area contributed by atoms with Crippen molar-refractivity contribution < 1.29 is 23.8 Å². The summed E-state index contributed by atoms with van der Waals surface area (Å²) < 4.78 is 16.2. The average Bonchev–Trinajstić information content (AvgIpc) is 3.46. The standard InChI is InChI=1S/C31H41N3O5/c1-22(2)31(21-32,24-12-7-6-8-13-24)16-10-9-15-28(35)34-17-11-14-25(34)30(36)33-20-23-18-26(37-3)29(39-5)27(19-23)38-4/h6-8,12-13,18-19,22,25H,9-11,14-17,20H2,1-5H3,(H,33,36)/t25-,31?/m1/s1. The minimum absolute atomic E-state index is 0.00717. The second-order valence-corrected chi connectivity index (χ2v) is 10.3. The predicted molar refractivity (Wildman–Crippen MR) is 150 cm³/mol. The van der Waals surface area contributed by atoms with E-state index in [1.165, 1.54) is 0 Å². The van der Waals surface area contributed by atoms with Crippen LogP contribution >= 0.6 is 0 Å². The molecule has 2 atom stereocenters. The average molecular weight is 536 g/mol. The molecule has 0 spiro atoms. The minimum atomic E-state index is -0.576. The normalized spacial score (nSPS) is 16.3. The molecule has 8 heteroatoms. The van der Waals surface area contributed by atoms with Gasteiger partial charge in [-0.2, -0.15) is 5.26 Å². The van der Waals surface area contributed by atoms with Crippen LogP contribution in [0.15, 0.2) is 42.5 Å². The number of nitriles is 1. The molecule has 1 aliphatic heterocycles. The second kappa shape index (κ2) is 13.9. The number of nitrogens with zero attached hydrogens (tertiary/aromatic N) is 2. The van der Waals surface area contributed by atoms with Crippen LogP contribution in [-0.2, 0) is 21.5 Å². The molecular weight excluding hydrogens is 494 g/mol. The number of carbonyl (C=O) groups is 2. The highest BCUT2D eigenvalue weighted by Gasteiger charge is 2.36. The predicted octanol–water partition coefficient (Wildman–Crippen LogP) is 5.00. The van der Waals surface area contributed by atoms with Gasteiger partial charge in [-0.3, -0.25) is 9.59 Å². The highest BCUT2D eigenvalue weighted by Crippen LogP contribution is 2.39. The SMILES string of the molecule is COc1cc(CNC(=O)[C@H]2CCCN2C(=O)CCCCC(C#N)(c2ccccc2)C(C)C)cc(OC)c1OC. The lowest BCUT2D eigenvalue weighted by Crippen LogP contribution is -2.45. The van der Waals surface area contributed by atoms with Gasteiger partial charge in [-0.25, -0.2) is 0 Å². The molecule has 2 amide bonds. The number of carbonyl (C=O) groups excluding carboxylic acids is 2. The molecule has 0 aromatic heterocycles. The molecule has 2 aromatic carbocycles. The monoisotopic (exact) mass is 535 g/mol. The smallest absolute Gasteiger partial charge is 0.243 e. The van der Waals surface area contributed by atoms with Gasteiger partial charge in [0.15, 0.2) is 11.5 Å². The lowest BCUT2D eigenvalue weighted by molar-refractivity contribution is -0.138. The molecule has 0 radical (unpaired) electrons. The summed E-state index contributed by atoms with van der Waals surface area (Å²) in [7, 11) is 4.64. The molecule has 3 rings (SSSR count). The van der Waals surface area contributed by atoms with Crippen LogP contribution < -0.4 is 19.5 Å². The third kappa shape index (κ3) is 6.83. The Kier molecular flexibility index (Phi) is 10.6. The Morgan fingerprint density at radius 3 is 2.31 bits per heavy atom. The topological polar surface area (TPSA) is 101 Å². The summed E-state index contributed by atoms with van der Waals surface area (Å²) in [4.78, 5) is 27.9. The van der Waals surface area contributed by atoms with Gasteiger partial charge in [0, 0.05) is 19.5 Å². The van der Waals surface area contributed by atoms with Gasteiger partial charge in [0.2, 0.25) is 17.6 Å². The lowest BCUT2D eigenvalue weighted by atomic mass is 9.69. The van der Waals surface area contributed by atoms with Gasteiger partial charge in [-0.05, 0) is 54.9 Å². The first-order valence-electron chi connectivity index (χ1n) is 13.6. The Labute approximate surface area is 232 Å². The number of ether oxygens (including phenoxy) is 3. The molecule has 0 aliphatic carbocycles. The maximum absolute atomic E-state index is 13.1. The van der Waals surface area contributed by atoms with Crippen LogP contribution in [0.25, 0.3) is 0 Å². The van der Waals surface area contributed by atoms with E-state index < -0.39 is 11.5 Å². The van der Waals surface area contributed by atoms with E-state index in [1.54, 1.807) is 38.4 Å². The van der Waals surface area contributed by atoms with E-state index in [2.05, 4.69) is 25.2 Å². The Morgan fingerprint density at radius 1 is 1.08 bits per heavy atom. The van der Waals surface area contributed by atoms with E-state index >= 15 is 0 Å². The Balaban J connectivity index is 1.56. The number of unbranched alkanes of at least 4 members (excludes halogenated alkanes) is 1. The van der Waals surface area contributed by atoms with Crippen molar-refractivity contribution in [3.05, 3.63) is 53.6 Å². The largest absolute Gasteiger partial charge is 0.493 e. The molecule has 1 fully saturated rings. The van der Waals surface area contributed by atoms with Gasteiger partial charge in [0.25, 0.3) is 0 Å². The number of amides is 2. The fraction of sp³-hybridized carbons (Fsp3) is 0.516. The first-order chi connectivity index (χ1) is 18.8. The number of hydrogen-bond donors (Lipinski definition) is 1. The van der Waals surface area contributed by atoms with Gasteiger partial charge in [-0.15, -0.1) is 0 Å². The number of rotatable bonds is 13. The summed E-state index contributed by atoms with van der Waals surface area (Å²) in [6.45, 7) is 5.01. The van der Waals surface area contributed by atoms with Crippen molar-refractivity contribution in [2.45, 2.75) is 70.4 Å². The minimum Gasteiger partial charge on any atom is -0.493 e. The number of hydrogen-bond acceptors (Lipinski definition) is 6.